The van der Waals surface area contributed by atoms with Crippen LogP contribution in [0.5, 0.6) is 5.75 Å². The zero-order valence-corrected chi connectivity index (χ0v) is 18.2. The Hall–Kier alpha value is -3.71. The van der Waals surface area contributed by atoms with Gasteiger partial charge in [0.15, 0.2) is 0 Å². The van der Waals surface area contributed by atoms with Crippen molar-refractivity contribution in [2.45, 2.75) is 25.9 Å². The lowest BCUT2D eigenvalue weighted by atomic mass is 10.1. The van der Waals surface area contributed by atoms with Gasteiger partial charge in [-0.2, -0.15) is 0 Å². The van der Waals surface area contributed by atoms with Crippen molar-refractivity contribution in [1.29, 1.82) is 0 Å². The second kappa shape index (κ2) is 10.5. The average molecular weight is 435 g/mol. The number of nitrogens with one attached hydrogen (secondary N) is 3. The minimum Gasteiger partial charge on any atom is -0.495 e. The summed E-state index contributed by atoms with van der Waals surface area (Å²) in [6, 6.07) is 19.3. The molecule has 3 rings (SSSR count). The summed E-state index contributed by atoms with van der Waals surface area (Å²) in [5.74, 6) is -0.228. The number of ether oxygens (including phenoxy) is 1. The van der Waals surface area contributed by atoms with E-state index in [9.17, 15) is 14.0 Å². The fourth-order valence-corrected chi connectivity index (χ4v) is 3.20. The lowest BCUT2D eigenvalue weighted by molar-refractivity contribution is -0.117. The van der Waals surface area contributed by atoms with E-state index < -0.39 is 6.04 Å². The Balaban J connectivity index is 1.56. The minimum atomic E-state index is -0.483. The summed E-state index contributed by atoms with van der Waals surface area (Å²) < 4.78 is 18.3. The quantitative estimate of drug-likeness (QED) is 0.476. The first-order valence-electron chi connectivity index (χ1n) is 10.2. The van der Waals surface area contributed by atoms with Crippen molar-refractivity contribution < 1.29 is 18.7 Å². The van der Waals surface area contributed by atoms with E-state index in [1.165, 1.54) is 12.1 Å². The van der Waals surface area contributed by atoms with Crippen molar-refractivity contribution in [2.75, 3.05) is 17.7 Å². The Morgan fingerprint density at radius 2 is 1.53 bits per heavy atom. The molecule has 2 atom stereocenters. The van der Waals surface area contributed by atoms with E-state index in [0.717, 1.165) is 5.56 Å². The van der Waals surface area contributed by atoms with Crippen LogP contribution in [0.15, 0.2) is 72.8 Å². The third kappa shape index (κ3) is 5.92. The number of anilines is 2. The molecule has 0 spiro atoms. The van der Waals surface area contributed by atoms with Crippen molar-refractivity contribution in [3.63, 3.8) is 0 Å². The molecule has 0 aliphatic heterocycles. The van der Waals surface area contributed by atoms with Crippen LogP contribution in [0.1, 0.15) is 35.8 Å². The Bertz CT molecular complexity index is 1070. The van der Waals surface area contributed by atoms with Gasteiger partial charge >= 0.3 is 0 Å². The monoisotopic (exact) mass is 435 g/mol. The summed E-state index contributed by atoms with van der Waals surface area (Å²) in [4.78, 5) is 25.1. The maximum atomic E-state index is 13.1. The third-order valence-corrected chi connectivity index (χ3v) is 5.03. The number of benzene rings is 3. The molecule has 3 aromatic rings. The van der Waals surface area contributed by atoms with E-state index in [1.807, 2.05) is 19.1 Å². The average Bonchev–Trinajstić information content (AvgIpc) is 2.80. The molecule has 3 aromatic carbocycles. The molecule has 32 heavy (non-hydrogen) atoms. The number of halogens is 1. The van der Waals surface area contributed by atoms with Crippen LogP contribution in [0.25, 0.3) is 0 Å². The maximum absolute atomic E-state index is 13.1. The van der Waals surface area contributed by atoms with Gasteiger partial charge in [-0.15, -0.1) is 0 Å². The normalized spacial score (nSPS) is 12.5. The first-order valence-corrected chi connectivity index (χ1v) is 10.2. The van der Waals surface area contributed by atoms with Gasteiger partial charge < -0.3 is 15.4 Å². The van der Waals surface area contributed by atoms with E-state index in [0.29, 0.717) is 22.7 Å². The Labute approximate surface area is 186 Å². The molecule has 6 nitrogen and oxygen atoms in total. The molecule has 0 aliphatic carbocycles. The molecule has 0 saturated heterocycles. The van der Waals surface area contributed by atoms with Crippen molar-refractivity contribution >= 4 is 23.2 Å². The Kier molecular flexibility index (Phi) is 7.57. The topological polar surface area (TPSA) is 79.5 Å². The zero-order valence-electron chi connectivity index (χ0n) is 18.2. The number of para-hydroxylation sites is 2. The molecule has 0 fully saturated rings. The van der Waals surface area contributed by atoms with Gasteiger partial charge in [0, 0.05) is 17.3 Å². The second-order valence-corrected chi connectivity index (χ2v) is 7.38. The molecule has 2 amide bonds. The molecule has 7 heteroatoms. The molecular weight excluding hydrogens is 409 g/mol. The smallest absolute Gasteiger partial charge is 0.255 e. The lowest BCUT2D eigenvalue weighted by Crippen LogP contribution is -2.39. The van der Waals surface area contributed by atoms with Gasteiger partial charge in [0.25, 0.3) is 5.91 Å². The highest BCUT2D eigenvalue weighted by Crippen LogP contribution is 2.24. The van der Waals surface area contributed by atoms with E-state index >= 15 is 0 Å². The van der Waals surface area contributed by atoms with E-state index in [1.54, 1.807) is 62.6 Å². The fourth-order valence-electron chi connectivity index (χ4n) is 3.20. The third-order valence-electron chi connectivity index (χ3n) is 5.03. The van der Waals surface area contributed by atoms with Crippen LogP contribution in [-0.2, 0) is 4.79 Å². The molecule has 0 bridgehead atoms. The highest BCUT2D eigenvalue weighted by Gasteiger charge is 2.17. The van der Waals surface area contributed by atoms with Crippen LogP contribution in [-0.4, -0.2) is 25.0 Å². The predicted molar refractivity (Wildman–Crippen MR) is 123 cm³/mol. The number of carbonyl (C=O) groups is 2. The summed E-state index contributed by atoms with van der Waals surface area (Å²) in [7, 11) is 1.54. The highest BCUT2D eigenvalue weighted by atomic mass is 19.1. The molecule has 3 N–H and O–H groups in total. The summed E-state index contributed by atoms with van der Waals surface area (Å²) in [6.07, 6.45) is 0. The standard InChI is InChI=1S/C25H26FN3O3/c1-16(18-8-12-20(26)13-9-18)27-17(2)24(30)28-21-14-10-19(11-15-21)25(31)29-22-6-4-5-7-23(22)32-3/h4-17,27H,1-3H3,(H,28,30)(H,29,31)/t16-,17-/m1/s1. The fraction of sp³-hybridized carbons (Fsp3) is 0.200. The molecule has 166 valence electrons. The first-order chi connectivity index (χ1) is 15.4. The summed E-state index contributed by atoms with van der Waals surface area (Å²) in [5.41, 5.74) is 2.49. The van der Waals surface area contributed by atoms with Crippen molar-refractivity contribution in [3.05, 3.63) is 89.7 Å². The Morgan fingerprint density at radius 1 is 0.875 bits per heavy atom. The van der Waals surface area contributed by atoms with E-state index in [-0.39, 0.29) is 23.7 Å². The second-order valence-electron chi connectivity index (χ2n) is 7.38. The molecule has 0 saturated carbocycles. The van der Waals surface area contributed by atoms with Gasteiger partial charge in [0.05, 0.1) is 18.8 Å². The van der Waals surface area contributed by atoms with Crippen molar-refractivity contribution in [3.8, 4) is 5.75 Å². The zero-order chi connectivity index (χ0) is 23.1. The van der Waals surface area contributed by atoms with Crippen LogP contribution >= 0.6 is 0 Å². The SMILES string of the molecule is COc1ccccc1NC(=O)c1ccc(NC(=O)[C@@H](C)N[C@H](C)c2ccc(F)cc2)cc1. The van der Waals surface area contributed by atoms with Gasteiger partial charge in [-0.05, 0) is 67.9 Å². The van der Waals surface area contributed by atoms with Crippen LogP contribution < -0.4 is 20.7 Å². The van der Waals surface area contributed by atoms with Gasteiger partial charge in [0.1, 0.15) is 11.6 Å². The van der Waals surface area contributed by atoms with Gasteiger partial charge in [0.2, 0.25) is 5.91 Å². The molecule has 0 unspecified atom stereocenters. The van der Waals surface area contributed by atoms with Crippen LogP contribution in [0.4, 0.5) is 15.8 Å². The largest absolute Gasteiger partial charge is 0.495 e. The molecular formula is C25H26FN3O3. The van der Waals surface area contributed by atoms with E-state index in [4.69, 9.17) is 4.74 Å². The molecule has 0 aromatic heterocycles. The van der Waals surface area contributed by atoms with Gasteiger partial charge in [-0.25, -0.2) is 4.39 Å². The number of carbonyl (C=O) groups excluding carboxylic acids is 2. The van der Waals surface area contributed by atoms with Crippen LogP contribution in [0.2, 0.25) is 0 Å². The van der Waals surface area contributed by atoms with E-state index in [2.05, 4.69) is 16.0 Å². The molecule has 0 aliphatic rings. The van der Waals surface area contributed by atoms with Gasteiger partial charge in [-0.1, -0.05) is 24.3 Å². The summed E-state index contributed by atoms with van der Waals surface area (Å²) >= 11 is 0. The predicted octanol–water partition coefficient (Wildman–Crippen LogP) is 4.76. The first kappa shape index (κ1) is 23.0. The maximum Gasteiger partial charge on any atom is 0.255 e. The number of amides is 2. The number of rotatable bonds is 8. The van der Waals surface area contributed by atoms with Crippen molar-refractivity contribution in [1.82, 2.24) is 5.32 Å². The van der Waals surface area contributed by atoms with Gasteiger partial charge in [-0.3, -0.25) is 14.9 Å². The minimum absolute atomic E-state index is 0.127. The van der Waals surface area contributed by atoms with Crippen molar-refractivity contribution in [2.24, 2.45) is 0 Å². The molecule has 0 heterocycles. The molecule has 0 radical (unpaired) electrons. The number of hydrogen-bond donors (Lipinski definition) is 3. The summed E-state index contributed by atoms with van der Waals surface area (Å²) in [5, 5.41) is 8.83. The lowest BCUT2D eigenvalue weighted by Gasteiger charge is -2.20. The Morgan fingerprint density at radius 3 is 2.19 bits per heavy atom. The number of methoxy groups -OCH3 is 1. The van der Waals surface area contributed by atoms with Crippen LogP contribution in [0, 0.1) is 5.82 Å². The number of hydrogen-bond acceptors (Lipinski definition) is 4. The summed E-state index contributed by atoms with van der Waals surface area (Å²) in [6.45, 7) is 3.66. The highest BCUT2D eigenvalue weighted by molar-refractivity contribution is 6.05. The van der Waals surface area contributed by atoms with Crippen LogP contribution in [0.3, 0.4) is 0 Å².